The van der Waals surface area contributed by atoms with Gasteiger partial charge in [-0.3, -0.25) is 4.98 Å². The van der Waals surface area contributed by atoms with E-state index in [-0.39, 0.29) is 5.82 Å². The van der Waals surface area contributed by atoms with Crippen LogP contribution in [0.1, 0.15) is 5.69 Å². The van der Waals surface area contributed by atoms with Crippen LogP contribution in [0.2, 0.25) is 0 Å². The van der Waals surface area contributed by atoms with Crippen molar-refractivity contribution in [1.82, 2.24) is 19.7 Å². The van der Waals surface area contributed by atoms with E-state index in [4.69, 9.17) is 0 Å². The molecule has 9 heteroatoms. The first-order chi connectivity index (χ1) is 8.60. The third-order valence-electron chi connectivity index (χ3n) is 2.16. The highest BCUT2D eigenvalue weighted by molar-refractivity contribution is 9.10. The quantitative estimate of drug-likeness (QED) is 0.677. The summed E-state index contributed by atoms with van der Waals surface area (Å²) >= 11 is 3.08. The van der Waals surface area contributed by atoms with Crippen LogP contribution in [0.25, 0.3) is 0 Å². The first kappa shape index (κ1) is 12.4. The van der Waals surface area contributed by atoms with Crippen LogP contribution < -0.4 is 5.32 Å². The van der Waals surface area contributed by atoms with Crippen molar-refractivity contribution in [2.75, 3.05) is 12.4 Å². The van der Waals surface area contributed by atoms with Crippen molar-refractivity contribution >= 4 is 27.6 Å². The predicted octanol–water partition coefficient (Wildman–Crippen LogP) is 1.43. The molecule has 2 heterocycles. The molecule has 0 fully saturated rings. The lowest BCUT2D eigenvalue weighted by Crippen LogP contribution is -2.04. The fourth-order valence-corrected chi connectivity index (χ4v) is 1.78. The third kappa shape index (κ3) is 2.62. The van der Waals surface area contributed by atoms with E-state index in [0.29, 0.717) is 22.5 Å². The first-order valence-electron chi connectivity index (χ1n) is 4.96. The summed E-state index contributed by atoms with van der Waals surface area (Å²) < 4.78 is 1.78. The van der Waals surface area contributed by atoms with Gasteiger partial charge in [-0.25, -0.2) is 4.98 Å². The molecule has 2 rings (SSSR count). The number of nitrogens with one attached hydrogen (secondary N) is 1. The fraction of sp³-hybridized carbons (Fsp3) is 0.222. The zero-order chi connectivity index (χ0) is 13.1. The average Bonchev–Trinajstić information content (AvgIpc) is 2.71. The Morgan fingerprint density at radius 3 is 2.78 bits per heavy atom. The van der Waals surface area contributed by atoms with Crippen molar-refractivity contribution < 1.29 is 4.92 Å². The standard InChI is InChI=1S/C9H9BrN6O2/c1-11-8-3-12-6(2-13-8)4-15-5-7(10)9(14-15)16(17)18/h2-3,5H,4H2,1H3,(H,11,13). The minimum atomic E-state index is -0.545. The summed E-state index contributed by atoms with van der Waals surface area (Å²) in [4.78, 5) is 18.3. The van der Waals surface area contributed by atoms with E-state index < -0.39 is 4.92 Å². The number of nitro groups is 1. The minimum absolute atomic E-state index is 0.213. The van der Waals surface area contributed by atoms with Crippen molar-refractivity contribution in [3.63, 3.8) is 0 Å². The molecule has 0 amide bonds. The maximum Gasteiger partial charge on any atom is 0.404 e. The summed E-state index contributed by atoms with van der Waals surface area (Å²) in [5.41, 5.74) is 0.666. The SMILES string of the molecule is CNc1cnc(Cn2cc(Br)c([N+](=O)[O-])n2)cn1. The van der Waals surface area contributed by atoms with Gasteiger partial charge in [-0.15, -0.1) is 0 Å². The van der Waals surface area contributed by atoms with Gasteiger partial charge in [0, 0.05) is 7.05 Å². The number of halogens is 1. The molecule has 0 aromatic carbocycles. The summed E-state index contributed by atoms with van der Waals surface area (Å²) in [6, 6.07) is 0. The molecule has 0 saturated heterocycles. The molecule has 8 nitrogen and oxygen atoms in total. The van der Waals surface area contributed by atoms with Crippen LogP contribution in [0.15, 0.2) is 23.1 Å². The van der Waals surface area contributed by atoms with Gasteiger partial charge in [-0.2, -0.15) is 4.68 Å². The zero-order valence-corrected chi connectivity index (χ0v) is 11.0. The number of aromatic nitrogens is 4. The Morgan fingerprint density at radius 2 is 2.28 bits per heavy atom. The highest BCUT2D eigenvalue weighted by Crippen LogP contribution is 2.22. The lowest BCUT2D eigenvalue weighted by Gasteiger charge is -1.99. The van der Waals surface area contributed by atoms with Gasteiger partial charge in [-0.05, 0) is 20.9 Å². The molecule has 0 atom stereocenters. The van der Waals surface area contributed by atoms with Crippen LogP contribution in [0.5, 0.6) is 0 Å². The highest BCUT2D eigenvalue weighted by atomic mass is 79.9. The Hall–Kier alpha value is -2.03. The summed E-state index contributed by atoms with van der Waals surface area (Å²) in [6.07, 6.45) is 4.71. The molecule has 94 valence electrons. The molecule has 1 N–H and O–H groups in total. The Bertz CT molecular complexity index is 567. The summed E-state index contributed by atoms with van der Waals surface area (Å²) in [6.45, 7) is 0.323. The van der Waals surface area contributed by atoms with Gasteiger partial charge < -0.3 is 15.4 Å². The molecule has 2 aromatic heterocycles. The second-order valence-electron chi connectivity index (χ2n) is 3.40. The first-order valence-corrected chi connectivity index (χ1v) is 5.75. The van der Waals surface area contributed by atoms with Gasteiger partial charge in [0.15, 0.2) is 0 Å². The minimum Gasteiger partial charge on any atom is -0.372 e. The molecule has 2 aromatic rings. The van der Waals surface area contributed by atoms with Crippen molar-refractivity contribution in [2.24, 2.45) is 0 Å². The molecule has 0 aliphatic heterocycles. The molecular formula is C9H9BrN6O2. The number of nitrogens with zero attached hydrogens (tertiary/aromatic N) is 5. The molecule has 0 aliphatic carbocycles. The Balaban J connectivity index is 2.18. The largest absolute Gasteiger partial charge is 0.404 e. The lowest BCUT2D eigenvalue weighted by atomic mass is 10.4. The Kier molecular flexibility index (Phi) is 3.51. The molecular weight excluding hydrogens is 304 g/mol. The molecule has 0 unspecified atom stereocenters. The molecule has 18 heavy (non-hydrogen) atoms. The Morgan fingerprint density at radius 1 is 1.50 bits per heavy atom. The highest BCUT2D eigenvalue weighted by Gasteiger charge is 2.18. The van der Waals surface area contributed by atoms with E-state index in [9.17, 15) is 10.1 Å². The second-order valence-corrected chi connectivity index (χ2v) is 4.25. The van der Waals surface area contributed by atoms with E-state index >= 15 is 0 Å². The van der Waals surface area contributed by atoms with Crippen LogP contribution in [0.3, 0.4) is 0 Å². The predicted molar refractivity (Wildman–Crippen MR) is 67.3 cm³/mol. The van der Waals surface area contributed by atoms with Crippen molar-refractivity contribution in [1.29, 1.82) is 0 Å². The average molecular weight is 313 g/mol. The van der Waals surface area contributed by atoms with Crippen molar-refractivity contribution in [3.8, 4) is 0 Å². The third-order valence-corrected chi connectivity index (χ3v) is 2.72. The van der Waals surface area contributed by atoms with Gasteiger partial charge in [0.2, 0.25) is 0 Å². The van der Waals surface area contributed by atoms with E-state index in [1.165, 1.54) is 10.9 Å². The summed E-state index contributed by atoms with van der Waals surface area (Å²) in [5, 5.41) is 17.3. The lowest BCUT2D eigenvalue weighted by molar-refractivity contribution is -0.390. The van der Waals surface area contributed by atoms with Gasteiger partial charge in [0.05, 0.1) is 29.4 Å². The van der Waals surface area contributed by atoms with Crippen LogP contribution >= 0.6 is 15.9 Å². The van der Waals surface area contributed by atoms with Crippen LogP contribution in [0.4, 0.5) is 11.6 Å². The van der Waals surface area contributed by atoms with E-state index in [1.54, 1.807) is 19.4 Å². The molecule has 0 spiro atoms. The zero-order valence-electron chi connectivity index (χ0n) is 9.37. The molecule has 0 saturated carbocycles. The van der Waals surface area contributed by atoms with E-state index in [0.717, 1.165) is 0 Å². The summed E-state index contributed by atoms with van der Waals surface area (Å²) in [7, 11) is 1.75. The van der Waals surface area contributed by atoms with E-state index in [2.05, 4.69) is 36.3 Å². The van der Waals surface area contributed by atoms with Gasteiger partial charge in [0.1, 0.15) is 16.8 Å². The number of hydrogen-bond acceptors (Lipinski definition) is 6. The topological polar surface area (TPSA) is 98.8 Å². The maximum atomic E-state index is 10.6. The molecule has 0 radical (unpaired) electrons. The number of rotatable bonds is 4. The second kappa shape index (κ2) is 5.08. The van der Waals surface area contributed by atoms with Crippen LogP contribution in [0, 0.1) is 10.1 Å². The van der Waals surface area contributed by atoms with Crippen LogP contribution in [-0.2, 0) is 6.54 Å². The fourth-order valence-electron chi connectivity index (χ4n) is 1.32. The van der Waals surface area contributed by atoms with Gasteiger partial charge in [0.25, 0.3) is 0 Å². The smallest absolute Gasteiger partial charge is 0.372 e. The normalized spacial score (nSPS) is 10.3. The Labute approximate surface area is 110 Å². The number of hydrogen-bond donors (Lipinski definition) is 1. The van der Waals surface area contributed by atoms with Crippen molar-refractivity contribution in [3.05, 3.63) is 38.9 Å². The number of anilines is 1. The van der Waals surface area contributed by atoms with E-state index in [1.807, 2.05) is 0 Å². The monoisotopic (exact) mass is 312 g/mol. The molecule has 0 bridgehead atoms. The maximum absolute atomic E-state index is 10.6. The summed E-state index contributed by atoms with van der Waals surface area (Å²) in [5.74, 6) is 0.446. The van der Waals surface area contributed by atoms with Crippen LogP contribution in [-0.4, -0.2) is 31.7 Å². The molecule has 0 aliphatic rings. The van der Waals surface area contributed by atoms with Gasteiger partial charge in [-0.1, -0.05) is 0 Å². The van der Waals surface area contributed by atoms with Crippen molar-refractivity contribution in [2.45, 2.75) is 6.54 Å². The van der Waals surface area contributed by atoms with Gasteiger partial charge >= 0.3 is 5.82 Å².